The van der Waals surface area contributed by atoms with Crippen molar-refractivity contribution in [1.82, 2.24) is 5.32 Å². The topological polar surface area (TPSA) is 46.2 Å². The lowest BCUT2D eigenvalue weighted by atomic mass is 10.0. The van der Waals surface area contributed by atoms with E-state index in [2.05, 4.69) is 12.2 Å². The zero-order chi connectivity index (χ0) is 11.8. The van der Waals surface area contributed by atoms with Crippen molar-refractivity contribution >= 4 is 11.7 Å². The number of unbranched alkanes of at least 4 members (excludes halogenated alkanes) is 5. The Bertz CT molecular complexity index is 238. The maximum Gasteiger partial charge on any atom is 0.220 e. The molecule has 0 bridgehead atoms. The number of Topliss-reactive ketones (excluding diaryl/α,β-unsaturated/α-hetero) is 1. The summed E-state index contributed by atoms with van der Waals surface area (Å²) in [4.78, 5) is 22.6. The highest BCUT2D eigenvalue weighted by Crippen LogP contribution is 2.12. The van der Waals surface area contributed by atoms with E-state index in [4.69, 9.17) is 0 Å². The molecule has 0 aromatic heterocycles. The van der Waals surface area contributed by atoms with Gasteiger partial charge < -0.3 is 5.32 Å². The third-order valence-corrected chi connectivity index (χ3v) is 3.16. The van der Waals surface area contributed by atoms with Crippen LogP contribution >= 0.6 is 0 Å². The van der Waals surface area contributed by atoms with Crippen molar-refractivity contribution in [2.24, 2.45) is 0 Å². The standard InChI is InChI=1S/C13H23NO2/c1-2-3-4-5-6-7-8-12(15)11-9-10-13(16)14-11/h11H,2-10H2,1H3,(H,14,16)/t11-/m1/s1. The average Bonchev–Trinajstić information content (AvgIpc) is 2.70. The summed E-state index contributed by atoms with van der Waals surface area (Å²) in [7, 11) is 0. The zero-order valence-electron chi connectivity index (χ0n) is 10.3. The molecule has 1 heterocycles. The Kier molecular flexibility index (Phi) is 6.12. The van der Waals surface area contributed by atoms with Gasteiger partial charge >= 0.3 is 0 Å². The fraction of sp³-hybridized carbons (Fsp3) is 0.846. The highest BCUT2D eigenvalue weighted by Gasteiger charge is 2.26. The number of nitrogens with one attached hydrogen (secondary N) is 1. The van der Waals surface area contributed by atoms with Crippen molar-refractivity contribution < 1.29 is 9.59 Å². The molecular formula is C13H23NO2. The van der Waals surface area contributed by atoms with Gasteiger partial charge in [0.2, 0.25) is 5.91 Å². The molecule has 1 aliphatic rings. The molecule has 1 rings (SSSR count). The van der Waals surface area contributed by atoms with E-state index in [1.54, 1.807) is 0 Å². The summed E-state index contributed by atoms with van der Waals surface area (Å²) in [5.41, 5.74) is 0. The van der Waals surface area contributed by atoms with E-state index in [1.165, 1.54) is 25.7 Å². The molecule has 0 aromatic rings. The van der Waals surface area contributed by atoms with E-state index in [0.29, 0.717) is 19.3 Å². The normalized spacial score (nSPS) is 19.8. The first-order valence-corrected chi connectivity index (χ1v) is 6.56. The quantitative estimate of drug-likeness (QED) is 0.645. The van der Waals surface area contributed by atoms with Crippen molar-refractivity contribution in [2.45, 2.75) is 70.8 Å². The van der Waals surface area contributed by atoms with Crippen LogP contribution < -0.4 is 5.32 Å². The molecule has 3 nitrogen and oxygen atoms in total. The van der Waals surface area contributed by atoms with Crippen LogP contribution in [0.4, 0.5) is 0 Å². The molecule has 1 N–H and O–H groups in total. The maximum atomic E-state index is 11.7. The summed E-state index contributed by atoms with van der Waals surface area (Å²) >= 11 is 0. The van der Waals surface area contributed by atoms with Gasteiger partial charge in [-0.2, -0.15) is 0 Å². The minimum atomic E-state index is -0.178. The summed E-state index contributed by atoms with van der Waals surface area (Å²) in [6, 6.07) is -0.178. The fourth-order valence-electron chi connectivity index (χ4n) is 2.11. The number of rotatable bonds is 8. The highest BCUT2D eigenvalue weighted by atomic mass is 16.2. The van der Waals surface area contributed by atoms with E-state index < -0.39 is 0 Å². The second kappa shape index (κ2) is 7.42. The Balaban J connectivity index is 2.00. The minimum Gasteiger partial charge on any atom is -0.346 e. The first-order chi connectivity index (χ1) is 7.74. The monoisotopic (exact) mass is 225 g/mol. The molecule has 0 unspecified atom stereocenters. The van der Waals surface area contributed by atoms with Gasteiger partial charge in [-0.25, -0.2) is 0 Å². The van der Waals surface area contributed by atoms with Crippen LogP contribution in [0.3, 0.4) is 0 Å². The third-order valence-electron chi connectivity index (χ3n) is 3.16. The summed E-state index contributed by atoms with van der Waals surface area (Å²) in [5.74, 6) is 0.252. The van der Waals surface area contributed by atoms with E-state index in [-0.39, 0.29) is 17.7 Å². The number of hydrogen-bond acceptors (Lipinski definition) is 2. The lowest BCUT2D eigenvalue weighted by Gasteiger charge is -2.08. The van der Waals surface area contributed by atoms with Gasteiger partial charge in [-0.05, 0) is 12.8 Å². The molecule has 0 saturated carbocycles. The van der Waals surface area contributed by atoms with Crippen LogP contribution in [0.2, 0.25) is 0 Å². The SMILES string of the molecule is CCCCCCCCC(=O)[C@H]1CCC(=O)N1. The van der Waals surface area contributed by atoms with Gasteiger partial charge in [-0.3, -0.25) is 9.59 Å². The third kappa shape index (κ3) is 4.77. The van der Waals surface area contributed by atoms with E-state index in [9.17, 15) is 9.59 Å². The minimum absolute atomic E-state index is 0.0290. The first kappa shape index (κ1) is 13.2. The molecule has 1 amide bonds. The van der Waals surface area contributed by atoms with Gasteiger partial charge in [0.25, 0.3) is 0 Å². The van der Waals surface area contributed by atoms with Crippen LogP contribution in [-0.4, -0.2) is 17.7 Å². The second-order valence-corrected chi connectivity index (χ2v) is 4.64. The second-order valence-electron chi connectivity index (χ2n) is 4.64. The Hall–Kier alpha value is -0.860. The summed E-state index contributed by atoms with van der Waals surface area (Å²) in [6.45, 7) is 2.20. The highest BCUT2D eigenvalue weighted by molar-refractivity contribution is 5.91. The van der Waals surface area contributed by atoms with Gasteiger partial charge in [-0.15, -0.1) is 0 Å². The van der Waals surface area contributed by atoms with Crippen molar-refractivity contribution in [2.75, 3.05) is 0 Å². The zero-order valence-corrected chi connectivity index (χ0v) is 10.3. The lowest BCUT2D eigenvalue weighted by Crippen LogP contribution is -2.32. The largest absolute Gasteiger partial charge is 0.346 e. The average molecular weight is 225 g/mol. The number of carbonyl (C=O) groups is 2. The Morgan fingerprint density at radius 3 is 2.56 bits per heavy atom. The number of carbonyl (C=O) groups excluding carboxylic acids is 2. The summed E-state index contributed by atoms with van der Waals surface area (Å²) < 4.78 is 0. The molecule has 3 heteroatoms. The van der Waals surface area contributed by atoms with Crippen LogP contribution in [0.5, 0.6) is 0 Å². The van der Waals surface area contributed by atoms with Gasteiger partial charge in [0.1, 0.15) is 0 Å². The van der Waals surface area contributed by atoms with Crippen LogP contribution in [0.15, 0.2) is 0 Å². The van der Waals surface area contributed by atoms with Gasteiger partial charge in [0.15, 0.2) is 5.78 Å². The van der Waals surface area contributed by atoms with Crippen molar-refractivity contribution in [3.63, 3.8) is 0 Å². The first-order valence-electron chi connectivity index (χ1n) is 6.56. The maximum absolute atomic E-state index is 11.7. The fourth-order valence-corrected chi connectivity index (χ4v) is 2.11. The lowest BCUT2D eigenvalue weighted by molar-refractivity contribution is -0.124. The van der Waals surface area contributed by atoms with Crippen molar-refractivity contribution in [1.29, 1.82) is 0 Å². The Labute approximate surface area is 98.0 Å². The van der Waals surface area contributed by atoms with Gasteiger partial charge in [0, 0.05) is 12.8 Å². The molecule has 1 saturated heterocycles. The summed E-state index contributed by atoms with van der Waals surface area (Å²) in [5, 5.41) is 2.73. The number of hydrogen-bond donors (Lipinski definition) is 1. The van der Waals surface area contributed by atoms with Crippen LogP contribution in [0.1, 0.15) is 64.7 Å². The predicted molar refractivity (Wildman–Crippen MR) is 64.2 cm³/mol. The molecule has 1 atom stereocenters. The molecule has 92 valence electrons. The summed E-state index contributed by atoms with van der Waals surface area (Å²) in [6.07, 6.45) is 9.06. The molecule has 0 radical (unpaired) electrons. The van der Waals surface area contributed by atoms with E-state index in [0.717, 1.165) is 12.8 Å². The molecule has 16 heavy (non-hydrogen) atoms. The smallest absolute Gasteiger partial charge is 0.220 e. The van der Waals surface area contributed by atoms with Crippen LogP contribution in [-0.2, 0) is 9.59 Å². The molecule has 0 spiro atoms. The Morgan fingerprint density at radius 1 is 1.25 bits per heavy atom. The number of ketones is 1. The predicted octanol–water partition coefficient (Wildman–Crippen LogP) is 2.58. The van der Waals surface area contributed by atoms with Gasteiger partial charge in [0.05, 0.1) is 6.04 Å². The van der Waals surface area contributed by atoms with E-state index in [1.807, 2.05) is 0 Å². The van der Waals surface area contributed by atoms with Gasteiger partial charge in [-0.1, -0.05) is 39.0 Å². The Morgan fingerprint density at radius 2 is 1.94 bits per heavy atom. The van der Waals surface area contributed by atoms with Crippen LogP contribution in [0.25, 0.3) is 0 Å². The number of amides is 1. The van der Waals surface area contributed by atoms with Crippen LogP contribution in [0, 0.1) is 0 Å². The molecule has 1 aliphatic heterocycles. The van der Waals surface area contributed by atoms with E-state index >= 15 is 0 Å². The molecule has 1 fully saturated rings. The molecular weight excluding hydrogens is 202 g/mol. The van der Waals surface area contributed by atoms with Crippen molar-refractivity contribution in [3.8, 4) is 0 Å². The van der Waals surface area contributed by atoms with Crippen molar-refractivity contribution in [3.05, 3.63) is 0 Å². The molecule has 0 aromatic carbocycles. The molecule has 0 aliphatic carbocycles.